The number of aryl methyl sites for hydroxylation is 1. The number of hydrogen-bond acceptors (Lipinski definition) is 3. The van der Waals surface area contributed by atoms with Gasteiger partial charge in [-0.25, -0.2) is 4.79 Å². The van der Waals surface area contributed by atoms with E-state index in [2.05, 4.69) is 19.1 Å². The highest BCUT2D eigenvalue weighted by Crippen LogP contribution is 2.35. The molecule has 1 aliphatic heterocycles. The lowest BCUT2D eigenvalue weighted by Crippen LogP contribution is -2.43. The molecule has 1 aromatic heterocycles. The second-order valence-corrected chi connectivity index (χ2v) is 6.83. The normalized spacial score (nSPS) is 16.6. The average molecular weight is 341 g/mol. The zero-order chi connectivity index (χ0) is 18.0. The minimum atomic E-state index is -1.06. The van der Waals surface area contributed by atoms with Gasteiger partial charge in [-0.3, -0.25) is 4.79 Å². The van der Waals surface area contributed by atoms with Crippen molar-refractivity contribution in [3.8, 4) is 0 Å². The number of hydrogen-bond donors (Lipinski definition) is 1. The number of carbonyl (C=O) groups excluding carboxylic acids is 1. The van der Waals surface area contributed by atoms with Gasteiger partial charge >= 0.3 is 5.97 Å². The Hall–Kier alpha value is -2.56. The SMILES string of the molecule is CCc1oc(C(=O)N2CCC(C)(c3ccccc3)CC2)cc1C(=O)O. The molecule has 1 saturated heterocycles. The van der Waals surface area contributed by atoms with Crippen LogP contribution >= 0.6 is 0 Å². The van der Waals surface area contributed by atoms with Gasteiger partial charge < -0.3 is 14.4 Å². The monoisotopic (exact) mass is 341 g/mol. The highest BCUT2D eigenvalue weighted by molar-refractivity contribution is 5.96. The molecular weight excluding hydrogens is 318 g/mol. The molecule has 25 heavy (non-hydrogen) atoms. The van der Waals surface area contributed by atoms with Crippen molar-refractivity contribution in [2.75, 3.05) is 13.1 Å². The van der Waals surface area contributed by atoms with Crippen molar-refractivity contribution in [2.24, 2.45) is 0 Å². The van der Waals surface area contributed by atoms with Crippen LogP contribution in [-0.2, 0) is 11.8 Å². The van der Waals surface area contributed by atoms with E-state index in [1.165, 1.54) is 11.6 Å². The van der Waals surface area contributed by atoms with Crippen LogP contribution in [0.15, 0.2) is 40.8 Å². The molecule has 2 heterocycles. The molecule has 1 fully saturated rings. The van der Waals surface area contributed by atoms with E-state index in [9.17, 15) is 14.7 Å². The number of likely N-dealkylation sites (tertiary alicyclic amines) is 1. The predicted molar refractivity (Wildman–Crippen MR) is 94.0 cm³/mol. The number of carboxylic acids is 1. The molecule has 5 heteroatoms. The van der Waals surface area contributed by atoms with Crippen LogP contribution in [0.25, 0.3) is 0 Å². The minimum absolute atomic E-state index is 0.0575. The Kier molecular flexibility index (Phi) is 4.66. The van der Waals surface area contributed by atoms with Crippen molar-refractivity contribution in [1.29, 1.82) is 0 Å². The second-order valence-electron chi connectivity index (χ2n) is 6.83. The summed E-state index contributed by atoms with van der Waals surface area (Å²) in [6.07, 6.45) is 2.19. The lowest BCUT2D eigenvalue weighted by Gasteiger charge is -2.39. The van der Waals surface area contributed by atoms with Gasteiger partial charge in [0.2, 0.25) is 0 Å². The van der Waals surface area contributed by atoms with E-state index >= 15 is 0 Å². The van der Waals surface area contributed by atoms with Crippen LogP contribution in [0, 0.1) is 0 Å². The number of benzene rings is 1. The van der Waals surface area contributed by atoms with Crippen molar-refractivity contribution in [1.82, 2.24) is 4.90 Å². The molecule has 0 saturated carbocycles. The minimum Gasteiger partial charge on any atom is -0.478 e. The number of carbonyl (C=O) groups is 2. The third-order valence-corrected chi connectivity index (χ3v) is 5.20. The van der Waals surface area contributed by atoms with Gasteiger partial charge in [-0.15, -0.1) is 0 Å². The molecule has 0 atom stereocenters. The van der Waals surface area contributed by atoms with Gasteiger partial charge in [0, 0.05) is 25.6 Å². The van der Waals surface area contributed by atoms with E-state index < -0.39 is 5.97 Å². The van der Waals surface area contributed by atoms with Crippen molar-refractivity contribution in [3.05, 3.63) is 59.0 Å². The smallest absolute Gasteiger partial charge is 0.339 e. The second kappa shape index (κ2) is 6.75. The maximum absolute atomic E-state index is 12.7. The number of furan rings is 1. The number of nitrogens with zero attached hydrogens (tertiary/aromatic N) is 1. The molecule has 0 spiro atoms. The zero-order valence-corrected chi connectivity index (χ0v) is 14.6. The summed E-state index contributed by atoms with van der Waals surface area (Å²) in [4.78, 5) is 25.7. The first-order valence-corrected chi connectivity index (χ1v) is 8.65. The lowest BCUT2D eigenvalue weighted by atomic mass is 9.74. The molecule has 132 valence electrons. The van der Waals surface area contributed by atoms with Crippen LogP contribution in [0.3, 0.4) is 0 Å². The van der Waals surface area contributed by atoms with Gasteiger partial charge in [-0.05, 0) is 23.8 Å². The zero-order valence-electron chi connectivity index (χ0n) is 14.6. The summed E-state index contributed by atoms with van der Waals surface area (Å²) in [7, 11) is 0. The Morgan fingerprint density at radius 1 is 1.20 bits per heavy atom. The fraction of sp³-hybridized carbons (Fsp3) is 0.400. The largest absolute Gasteiger partial charge is 0.478 e. The summed E-state index contributed by atoms with van der Waals surface area (Å²) in [6.45, 7) is 5.31. The molecule has 0 unspecified atom stereocenters. The van der Waals surface area contributed by atoms with E-state index in [0.717, 1.165) is 12.8 Å². The Morgan fingerprint density at radius 2 is 1.84 bits per heavy atom. The molecule has 3 rings (SSSR count). The Labute approximate surface area is 147 Å². The molecule has 1 amide bonds. The number of carboxylic acid groups (broad SMARTS) is 1. The molecule has 1 N–H and O–H groups in total. The molecule has 2 aromatic rings. The molecule has 5 nitrogen and oxygen atoms in total. The molecule has 0 bridgehead atoms. The van der Waals surface area contributed by atoms with Gasteiger partial charge in [0.15, 0.2) is 5.76 Å². The highest BCUT2D eigenvalue weighted by atomic mass is 16.4. The van der Waals surface area contributed by atoms with Crippen molar-refractivity contribution in [2.45, 2.75) is 38.5 Å². The summed E-state index contributed by atoms with van der Waals surface area (Å²) in [6, 6.07) is 11.7. The van der Waals surface area contributed by atoms with Gasteiger partial charge in [-0.1, -0.05) is 44.2 Å². The quantitative estimate of drug-likeness (QED) is 0.920. The van der Waals surface area contributed by atoms with Gasteiger partial charge in [0.05, 0.1) is 0 Å². The van der Waals surface area contributed by atoms with Crippen LogP contribution in [-0.4, -0.2) is 35.0 Å². The highest BCUT2D eigenvalue weighted by Gasteiger charge is 2.34. The van der Waals surface area contributed by atoms with Gasteiger partial charge in [0.25, 0.3) is 5.91 Å². The Balaban J connectivity index is 1.73. The topological polar surface area (TPSA) is 70.8 Å². The molecule has 0 radical (unpaired) electrons. The van der Waals surface area contributed by atoms with Crippen LogP contribution < -0.4 is 0 Å². The van der Waals surface area contributed by atoms with Crippen molar-refractivity contribution < 1.29 is 19.1 Å². The summed E-state index contributed by atoms with van der Waals surface area (Å²) in [5.74, 6) is -0.813. The van der Waals surface area contributed by atoms with E-state index in [-0.39, 0.29) is 22.6 Å². The van der Waals surface area contributed by atoms with Gasteiger partial charge in [0.1, 0.15) is 11.3 Å². The molecule has 1 aromatic carbocycles. The fourth-order valence-corrected chi connectivity index (χ4v) is 3.47. The average Bonchev–Trinajstić information content (AvgIpc) is 3.07. The van der Waals surface area contributed by atoms with Crippen molar-refractivity contribution >= 4 is 11.9 Å². The maximum Gasteiger partial charge on any atom is 0.339 e. The maximum atomic E-state index is 12.7. The first-order valence-electron chi connectivity index (χ1n) is 8.65. The number of piperidine rings is 1. The number of rotatable bonds is 4. The van der Waals surface area contributed by atoms with E-state index in [1.807, 2.05) is 25.1 Å². The number of amides is 1. The molecule has 0 aliphatic carbocycles. The summed E-state index contributed by atoms with van der Waals surface area (Å²) >= 11 is 0. The van der Waals surface area contributed by atoms with Crippen LogP contribution in [0.5, 0.6) is 0 Å². The fourth-order valence-electron chi connectivity index (χ4n) is 3.47. The standard InChI is InChI=1S/C20H23NO4/c1-3-16-15(19(23)24)13-17(25-16)18(22)21-11-9-20(2,10-12-21)14-7-5-4-6-8-14/h4-8,13H,3,9-12H2,1-2H3,(H,23,24). The number of aromatic carboxylic acids is 1. The van der Waals surface area contributed by atoms with Gasteiger partial charge in [-0.2, -0.15) is 0 Å². The third kappa shape index (κ3) is 3.31. The predicted octanol–water partition coefficient (Wildman–Crippen LogP) is 3.73. The summed E-state index contributed by atoms with van der Waals surface area (Å²) in [5.41, 5.74) is 1.43. The first-order chi connectivity index (χ1) is 11.9. The lowest BCUT2D eigenvalue weighted by molar-refractivity contribution is 0.0640. The summed E-state index contributed by atoms with van der Waals surface area (Å²) in [5, 5.41) is 9.21. The van der Waals surface area contributed by atoms with Crippen molar-refractivity contribution in [3.63, 3.8) is 0 Å². The Morgan fingerprint density at radius 3 is 2.36 bits per heavy atom. The first kappa shape index (κ1) is 17.3. The van der Waals surface area contributed by atoms with E-state index in [4.69, 9.17) is 4.42 Å². The van der Waals surface area contributed by atoms with E-state index in [0.29, 0.717) is 25.3 Å². The molecular formula is C20H23NO4. The van der Waals surface area contributed by atoms with Crippen LogP contribution in [0.2, 0.25) is 0 Å². The van der Waals surface area contributed by atoms with E-state index in [1.54, 1.807) is 4.90 Å². The van der Waals surface area contributed by atoms with Crippen LogP contribution in [0.4, 0.5) is 0 Å². The van der Waals surface area contributed by atoms with Crippen LogP contribution in [0.1, 0.15) is 58.9 Å². The molecule has 1 aliphatic rings. The third-order valence-electron chi connectivity index (χ3n) is 5.20. The summed E-state index contributed by atoms with van der Waals surface area (Å²) < 4.78 is 5.50. The Bertz CT molecular complexity index is 770.